The lowest BCUT2D eigenvalue weighted by atomic mass is 9.83. The molecule has 1 saturated carbocycles. The van der Waals surface area contributed by atoms with Gasteiger partial charge in [0.2, 0.25) is 0 Å². The molecule has 0 radical (unpaired) electrons. The monoisotopic (exact) mass is 308 g/mol. The molecule has 2 aliphatic rings. The van der Waals surface area contributed by atoms with Crippen molar-refractivity contribution in [2.24, 2.45) is 5.92 Å². The number of nitrogens with one attached hydrogen (secondary N) is 1. The third-order valence-corrected chi connectivity index (χ3v) is 5.51. The van der Waals surface area contributed by atoms with Crippen LogP contribution in [0.15, 0.2) is 11.4 Å². The second-order valence-corrected chi connectivity index (χ2v) is 6.80. The number of hydrogen-bond donors (Lipinski definition) is 2. The van der Waals surface area contributed by atoms with Gasteiger partial charge in [0, 0.05) is 18.0 Å². The molecule has 0 spiro atoms. The Morgan fingerprint density at radius 3 is 2.90 bits per heavy atom. The summed E-state index contributed by atoms with van der Waals surface area (Å²) in [4.78, 5) is 26.4. The molecule has 5 nitrogen and oxygen atoms in total. The first-order valence-electron chi connectivity index (χ1n) is 7.50. The van der Waals surface area contributed by atoms with Crippen LogP contribution < -0.4 is 5.32 Å². The Labute approximate surface area is 128 Å². The van der Waals surface area contributed by atoms with Crippen LogP contribution in [0.3, 0.4) is 0 Å². The van der Waals surface area contributed by atoms with Crippen molar-refractivity contribution in [3.05, 3.63) is 21.9 Å². The standard InChI is InChI=1S/C15H20N2O3S/c18-14(19)13-11-6-9-21-12(11)5-8-17(13)15(20)16-7-4-10-2-1-3-10/h6,9-10,13H,1-5,7-8H2,(H,16,20)(H,18,19). The fraction of sp³-hybridized carbons (Fsp3) is 0.600. The predicted octanol–water partition coefficient (Wildman–Crippen LogP) is 2.63. The topological polar surface area (TPSA) is 69.6 Å². The summed E-state index contributed by atoms with van der Waals surface area (Å²) in [6, 6.07) is 0.731. The smallest absolute Gasteiger partial charge is 0.331 e. The number of carbonyl (C=O) groups is 2. The van der Waals surface area contributed by atoms with Gasteiger partial charge in [0.15, 0.2) is 6.04 Å². The summed E-state index contributed by atoms with van der Waals surface area (Å²) >= 11 is 1.57. The molecule has 2 N–H and O–H groups in total. The summed E-state index contributed by atoms with van der Waals surface area (Å²) in [6.07, 6.45) is 5.56. The number of fused-ring (bicyclic) bond motifs is 1. The summed E-state index contributed by atoms with van der Waals surface area (Å²) in [6.45, 7) is 1.11. The molecule has 1 aromatic heterocycles. The molecule has 1 atom stereocenters. The number of carboxylic acids is 1. The fourth-order valence-corrected chi connectivity index (χ4v) is 3.97. The highest BCUT2D eigenvalue weighted by Gasteiger charge is 2.36. The van der Waals surface area contributed by atoms with Crippen molar-refractivity contribution in [3.63, 3.8) is 0 Å². The van der Waals surface area contributed by atoms with Crippen LogP contribution >= 0.6 is 11.3 Å². The number of nitrogens with zero attached hydrogens (tertiary/aromatic N) is 1. The Hall–Kier alpha value is -1.56. The third kappa shape index (κ3) is 2.90. The Morgan fingerprint density at radius 2 is 2.24 bits per heavy atom. The summed E-state index contributed by atoms with van der Waals surface area (Å²) in [7, 11) is 0. The number of carbonyl (C=O) groups excluding carboxylic acids is 1. The van der Waals surface area contributed by atoms with Crippen LogP contribution in [0.25, 0.3) is 0 Å². The largest absolute Gasteiger partial charge is 0.479 e. The van der Waals surface area contributed by atoms with Crippen LogP contribution in [0, 0.1) is 5.92 Å². The maximum atomic E-state index is 12.3. The van der Waals surface area contributed by atoms with Gasteiger partial charge in [0.25, 0.3) is 0 Å². The van der Waals surface area contributed by atoms with Gasteiger partial charge < -0.3 is 15.3 Å². The van der Waals surface area contributed by atoms with Gasteiger partial charge in [-0.2, -0.15) is 0 Å². The van der Waals surface area contributed by atoms with E-state index in [0.29, 0.717) is 13.1 Å². The van der Waals surface area contributed by atoms with E-state index >= 15 is 0 Å². The minimum atomic E-state index is -0.955. The average molecular weight is 308 g/mol. The van der Waals surface area contributed by atoms with Gasteiger partial charge in [-0.15, -0.1) is 11.3 Å². The molecule has 1 fully saturated rings. The van der Waals surface area contributed by atoms with E-state index in [1.807, 2.05) is 11.4 Å². The molecule has 0 bridgehead atoms. The van der Waals surface area contributed by atoms with E-state index in [1.165, 1.54) is 24.2 Å². The highest BCUT2D eigenvalue weighted by atomic mass is 32.1. The maximum absolute atomic E-state index is 12.3. The second-order valence-electron chi connectivity index (χ2n) is 5.80. The number of hydrogen-bond acceptors (Lipinski definition) is 3. The first-order chi connectivity index (χ1) is 10.2. The van der Waals surface area contributed by atoms with E-state index in [1.54, 1.807) is 11.3 Å². The van der Waals surface area contributed by atoms with Crippen LogP contribution in [-0.2, 0) is 11.2 Å². The Morgan fingerprint density at radius 1 is 1.43 bits per heavy atom. The molecule has 0 aromatic carbocycles. The molecular weight excluding hydrogens is 288 g/mol. The minimum absolute atomic E-state index is 0.251. The van der Waals surface area contributed by atoms with Crippen LogP contribution in [0.5, 0.6) is 0 Å². The van der Waals surface area contributed by atoms with E-state index < -0.39 is 12.0 Å². The summed E-state index contributed by atoms with van der Waals surface area (Å²) < 4.78 is 0. The molecule has 1 unspecified atom stereocenters. The van der Waals surface area contributed by atoms with E-state index in [9.17, 15) is 14.7 Å². The highest BCUT2D eigenvalue weighted by molar-refractivity contribution is 7.10. The normalized spacial score (nSPS) is 21.5. The summed E-state index contributed by atoms with van der Waals surface area (Å²) in [5, 5.41) is 14.3. The van der Waals surface area contributed by atoms with Gasteiger partial charge >= 0.3 is 12.0 Å². The lowest BCUT2D eigenvalue weighted by Crippen LogP contribution is -2.48. The van der Waals surface area contributed by atoms with Crippen LogP contribution in [0.4, 0.5) is 4.79 Å². The molecule has 1 aromatic rings. The first-order valence-corrected chi connectivity index (χ1v) is 8.38. The van der Waals surface area contributed by atoms with Crippen molar-refractivity contribution in [2.45, 2.75) is 38.1 Å². The average Bonchev–Trinajstić information content (AvgIpc) is 2.87. The number of thiophene rings is 1. The third-order valence-electron chi connectivity index (χ3n) is 4.51. The van der Waals surface area contributed by atoms with E-state index in [2.05, 4.69) is 5.32 Å². The molecule has 1 aliphatic heterocycles. The molecule has 0 saturated heterocycles. The van der Waals surface area contributed by atoms with E-state index in [0.717, 1.165) is 29.2 Å². The summed E-state index contributed by atoms with van der Waals surface area (Å²) in [5.74, 6) is -0.214. The van der Waals surface area contributed by atoms with Crippen molar-refractivity contribution >= 4 is 23.3 Å². The molecular formula is C15H20N2O3S. The highest BCUT2D eigenvalue weighted by Crippen LogP contribution is 2.33. The number of rotatable bonds is 4. The van der Waals surface area contributed by atoms with Crippen molar-refractivity contribution < 1.29 is 14.7 Å². The van der Waals surface area contributed by atoms with Gasteiger partial charge in [0.05, 0.1) is 0 Å². The first kappa shape index (κ1) is 14.4. The van der Waals surface area contributed by atoms with Crippen LogP contribution in [0.1, 0.15) is 42.2 Å². The van der Waals surface area contributed by atoms with Crippen molar-refractivity contribution in [1.82, 2.24) is 10.2 Å². The van der Waals surface area contributed by atoms with Crippen LogP contribution in [0.2, 0.25) is 0 Å². The lowest BCUT2D eigenvalue weighted by molar-refractivity contribution is -0.142. The quantitative estimate of drug-likeness (QED) is 0.898. The van der Waals surface area contributed by atoms with Gasteiger partial charge in [-0.1, -0.05) is 19.3 Å². The molecule has 6 heteroatoms. The SMILES string of the molecule is O=C(O)C1c2ccsc2CCN1C(=O)NCCC1CCC1. The molecule has 1 aliphatic carbocycles. The van der Waals surface area contributed by atoms with Gasteiger partial charge in [-0.25, -0.2) is 9.59 Å². The Bertz CT molecular complexity index is 539. The Balaban J connectivity index is 1.63. The van der Waals surface area contributed by atoms with E-state index in [-0.39, 0.29) is 6.03 Å². The van der Waals surface area contributed by atoms with E-state index in [4.69, 9.17) is 0 Å². The van der Waals surface area contributed by atoms with Gasteiger partial charge in [-0.05, 0) is 35.8 Å². The number of carboxylic acid groups (broad SMARTS) is 1. The number of aliphatic carboxylic acids is 1. The van der Waals surface area contributed by atoms with Crippen molar-refractivity contribution in [1.29, 1.82) is 0 Å². The second kappa shape index (κ2) is 6.05. The lowest BCUT2D eigenvalue weighted by Gasteiger charge is -2.33. The molecule has 114 valence electrons. The van der Waals surface area contributed by atoms with Gasteiger partial charge in [-0.3, -0.25) is 0 Å². The van der Waals surface area contributed by atoms with Crippen molar-refractivity contribution in [2.75, 3.05) is 13.1 Å². The minimum Gasteiger partial charge on any atom is -0.479 e. The van der Waals surface area contributed by atoms with Crippen molar-refractivity contribution in [3.8, 4) is 0 Å². The summed E-state index contributed by atoms with van der Waals surface area (Å²) in [5.41, 5.74) is 0.771. The zero-order chi connectivity index (χ0) is 14.8. The molecule has 3 rings (SSSR count). The molecule has 2 heterocycles. The Kier molecular flexibility index (Phi) is 4.14. The number of amides is 2. The zero-order valence-electron chi connectivity index (χ0n) is 11.9. The zero-order valence-corrected chi connectivity index (χ0v) is 12.7. The van der Waals surface area contributed by atoms with Gasteiger partial charge in [0.1, 0.15) is 0 Å². The maximum Gasteiger partial charge on any atom is 0.331 e. The fourth-order valence-electron chi connectivity index (χ4n) is 3.07. The number of urea groups is 1. The molecule has 21 heavy (non-hydrogen) atoms. The predicted molar refractivity (Wildman–Crippen MR) is 80.5 cm³/mol. The molecule has 2 amide bonds. The van der Waals surface area contributed by atoms with Crippen LogP contribution in [-0.4, -0.2) is 35.1 Å².